The van der Waals surface area contributed by atoms with Crippen LogP contribution < -0.4 is 5.32 Å². The van der Waals surface area contributed by atoms with Crippen LogP contribution in [0.25, 0.3) is 6.08 Å². The highest BCUT2D eigenvalue weighted by molar-refractivity contribution is 5.59. The van der Waals surface area contributed by atoms with Gasteiger partial charge in [-0.1, -0.05) is 43.7 Å². The molecule has 88 valence electrons. The van der Waals surface area contributed by atoms with Gasteiger partial charge in [-0.25, -0.2) is 0 Å². The lowest BCUT2D eigenvalue weighted by atomic mass is 10.0. The summed E-state index contributed by atoms with van der Waals surface area (Å²) in [4.78, 5) is 0. The fraction of sp³-hybridized carbons (Fsp3) is 0.467. The molecule has 0 aliphatic heterocycles. The molecule has 1 aromatic rings. The molecule has 1 nitrogen and oxygen atoms in total. The Balaban J connectivity index is 2.81. The van der Waals surface area contributed by atoms with E-state index in [1.807, 2.05) is 0 Å². The molecule has 0 heterocycles. The largest absolute Gasteiger partial charge is 0.311 e. The normalized spacial score (nSPS) is 12.2. The summed E-state index contributed by atoms with van der Waals surface area (Å²) in [5.74, 6) is 0. The van der Waals surface area contributed by atoms with Gasteiger partial charge in [-0.3, -0.25) is 0 Å². The van der Waals surface area contributed by atoms with Crippen LogP contribution in [0, 0.1) is 13.8 Å². The van der Waals surface area contributed by atoms with E-state index < -0.39 is 0 Å². The molecule has 0 amide bonds. The fourth-order valence-electron chi connectivity index (χ4n) is 1.72. The topological polar surface area (TPSA) is 12.0 Å². The molecule has 0 aliphatic rings. The van der Waals surface area contributed by atoms with Crippen molar-refractivity contribution in [2.24, 2.45) is 0 Å². The number of rotatable bonds is 4. The van der Waals surface area contributed by atoms with Gasteiger partial charge in [0.05, 0.1) is 0 Å². The van der Waals surface area contributed by atoms with Gasteiger partial charge in [0.25, 0.3) is 0 Å². The van der Waals surface area contributed by atoms with Crippen molar-refractivity contribution < 1.29 is 0 Å². The van der Waals surface area contributed by atoms with E-state index in [0.29, 0.717) is 6.04 Å². The first kappa shape index (κ1) is 13.0. The van der Waals surface area contributed by atoms with E-state index in [0.717, 1.165) is 6.54 Å². The molecule has 0 saturated carbocycles. The molecule has 0 spiro atoms. The predicted octanol–water partition coefficient (Wildman–Crippen LogP) is 3.70. The maximum Gasteiger partial charge on any atom is 0.0167 e. The zero-order valence-corrected chi connectivity index (χ0v) is 11.1. The Hall–Kier alpha value is -1.08. The van der Waals surface area contributed by atoms with Crippen LogP contribution in [-0.2, 0) is 0 Å². The Morgan fingerprint density at radius 3 is 2.31 bits per heavy atom. The van der Waals surface area contributed by atoms with Crippen molar-refractivity contribution in [3.05, 3.63) is 40.5 Å². The van der Waals surface area contributed by atoms with Gasteiger partial charge in [0.2, 0.25) is 0 Å². The average Bonchev–Trinajstić information content (AvgIpc) is 2.21. The number of nitrogens with one attached hydrogen (secondary N) is 1. The second-order valence-corrected chi connectivity index (χ2v) is 4.83. The van der Waals surface area contributed by atoms with Gasteiger partial charge < -0.3 is 5.32 Å². The summed E-state index contributed by atoms with van der Waals surface area (Å²) in [5, 5.41) is 3.44. The minimum atomic E-state index is 0.543. The van der Waals surface area contributed by atoms with Gasteiger partial charge in [0.15, 0.2) is 0 Å². The highest BCUT2D eigenvalue weighted by Gasteiger charge is 2.00. The fourth-order valence-corrected chi connectivity index (χ4v) is 1.72. The van der Waals surface area contributed by atoms with Gasteiger partial charge in [-0.15, -0.1) is 0 Å². The third kappa shape index (κ3) is 3.82. The zero-order chi connectivity index (χ0) is 12.1. The van der Waals surface area contributed by atoms with Crippen LogP contribution in [0.15, 0.2) is 23.8 Å². The highest BCUT2D eigenvalue weighted by atomic mass is 14.9. The Morgan fingerprint density at radius 2 is 1.81 bits per heavy atom. The molecule has 1 aromatic carbocycles. The van der Waals surface area contributed by atoms with E-state index in [1.54, 1.807) is 0 Å². The maximum atomic E-state index is 3.44. The van der Waals surface area contributed by atoms with E-state index in [-0.39, 0.29) is 0 Å². The van der Waals surface area contributed by atoms with Crippen molar-refractivity contribution in [3.63, 3.8) is 0 Å². The molecule has 1 N–H and O–H groups in total. The summed E-state index contributed by atoms with van der Waals surface area (Å²) >= 11 is 0. The lowest BCUT2D eigenvalue weighted by Crippen LogP contribution is -2.24. The van der Waals surface area contributed by atoms with Crippen molar-refractivity contribution in [3.8, 4) is 0 Å². The molecule has 0 aromatic heterocycles. The van der Waals surface area contributed by atoms with Crippen LogP contribution in [0.4, 0.5) is 0 Å². The zero-order valence-electron chi connectivity index (χ0n) is 11.1. The second kappa shape index (κ2) is 5.86. The third-order valence-corrected chi connectivity index (χ3v) is 2.72. The minimum absolute atomic E-state index is 0.543. The van der Waals surface area contributed by atoms with Gasteiger partial charge in [-0.05, 0) is 37.5 Å². The lowest BCUT2D eigenvalue weighted by Gasteiger charge is -2.10. The molecule has 0 saturated heterocycles. The minimum Gasteiger partial charge on any atom is -0.311 e. The van der Waals surface area contributed by atoms with Crippen LogP contribution in [0.2, 0.25) is 0 Å². The summed E-state index contributed by atoms with van der Waals surface area (Å²) in [6, 6.07) is 6.99. The third-order valence-electron chi connectivity index (χ3n) is 2.72. The standard InChI is InChI=1S/C15H23N/c1-11(2)16-10-12(3)9-15-13(4)7-6-8-14(15)5/h6-9,11,16H,10H2,1-5H3/b12-9+. The van der Waals surface area contributed by atoms with Gasteiger partial charge in [0, 0.05) is 12.6 Å². The molecule has 0 radical (unpaired) electrons. The first-order valence-electron chi connectivity index (χ1n) is 5.97. The number of benzene rings is 1. The summed E-state index contributed by atoms with van der Waals surface area (Å²) < 4.78 is 0. The predicted molar refractivity (Wildman–Crippen MR) is 72.7 cm³/mol. The molecule has 1 rings (SSSR count). The molecule has 1 heteroatoms. The number of hydrogen-bond acceptors (Lipinski definition) is 1. The molecule has 0 bridgehead atoms. The molecule has 0 unspecified atom stereocenters. The smallest absolute Gasteiger partial charge is 0.0167 e. The lowest BCUT2D eigenvalue weighted by molar-refractivity contribution is 0.623. The molecular weight excluding hydrogens is 194 g/mol. The first-order valence-corrected chi connectivity index (χ1v) is 5.97. The van der Waals surface area contributed by atoms with E-state index in [4.69, 9.17) is 0 Å². The van der Waals surface area contributed by atoms with Crippen molar-refractivity contribution >= 4 is 6.08 Å². The van der Waals surface area contributed by atoms with Crippen molar-refractivity contribution in [1.82, 2.24) is 5.32 Å². The Labute approximate surface area is 99.6 Å². The van der Waals surface area contributed by atoms with Gasteiger partial charge >= 0.3 is 0 Å². The van der Waals surface area contributed by atoms with E-state index in [1.165, 1.54) is 22.3 Å². The SMILES string of the molecule is C/C(=C\c1c(C)cccc1C)CNC(C)C. The Kier molecular flexibility index (Phi) is 4.75. The van der Waals surface area contributed by atoms with Crippen molar-refractivity contribution in [2.75, 3.05) is 6.54 Å². The summed E-state index contributed by atoms with van der Waals surface area (Å²) in [6.45, 7) is 11.8. The van der Waals surface area contributed by atoms with Crippen LogP contribution in [0.1, 0.15) is 37.5 Å². The Bertz CT molecular complexity index is 355. The molecule has 0 atom stereocenters. The molecule has 0 fully saturated rings. The summed E-state index contributed by atoms with van der Waals surface area (Å²) in [5.41, 5.74) is 5.45. The Morgan fingerprint density at radius 1 is 1.25 bits per heavy atom. The van der Waals surface area contributed by atoms with Crippen LogP contribution in [-0.4, -0.2) is 12.6 Å². The first-order chi connectivity index (χ1) is 7.50. The van der Waals surface area contributed by atoms with Gasteiger partial charge in [0.1, 0.15) is 0 Å². The summed E-state index contributed by atoms with van der Waals surface area (Å²) in [6.07, 6.45) is 2.29. The molecular formula is C15H23N. The second-order valence-electron chi connectivity index (χ2n) is 4.83. The van der Waals surface area contributed by atoms with Crippen LogP contribution in [0.5, 0.6) is 0 Å². The monoisotopic (exact) mass is 217 g/mol. The van der Waals surface area contributed by atoms with Gasteiger partial charge in [-0.2, -0.15) is 0 Å². The van der Waals surface area contributed by atoms with Crippen LogP contribution in [0.3, 0.4) is 0 Å². The quantitative estimate of drug-likeness (QED) is 0.810. The average molecular weight is 217 g/mol. The molecule has 16 heavy (non-hydrogen) atoms. The van der Waals surface area contributed by atoms with E-state index in [9.17, 15) is 0 Å². The van der Waals surface area contributed by atoms with Crippen LogP contribution >= 0.6 is 0 Å². The van der Waals surface area contributed by atoms with E-state index >= 15 is 0 Å². The summed E-state index contributed by atoms with van der Waals surface area (Å²) in [7, 11) is 0. The van der Waals surface area contributed by atoms with Crippen molar-refractivity contribution in [2.45, 2.75) is 40.7 Å². The number of hydrogen-bond donors (Lipinski definition) is 1. The number of aryl methyl sites for hydroxylation is 2. The van der Waals surface area contributed by atoms with Crippen molar-refractivity contribution in [1.29, 1.82) is 0 Å². The van der Waals surface area contributed by atoms with E-state index in [2.05, 4.69) is 64.2 Å². The highest BCUT2D eigenvalue weighted by Crippen LogP contribution is 2.16. The molecule has 0 aliphatic carbocycles. The maximum absolute atomic E-state index is 3.44.